The summed E-state index contributed by atoms with van der Waals surface area (Å²) in [6.45, 7) is -0.161. The van der Waals surface area contributed by atoms with Crippen LogP contribution in [0.3, 0.4) is 0 Å². The molecule has 1 aromatic carbocycles. The molecule has 0 aromatic heterocycles. The van der Waals surface area contributed by atoms with Gasteiger partial charge in [-0.3, -0.25) is 0 Å². The third kappa shape index (κ3) is 3.42. The van der Waals surface area contributed by atoms with Gasteiger partial charge < -0.3 is 10.8 Å². The minimum atomic E-state index is -0.451. The number of nitrogens with two attached hydrogens (primary N) is 1. The molecule has 2 nitrogen and oxygen atoms in total. The molecule has 1 atom stereocenters. The van der Waals surface area contributed by atoms with Gasteiger partial charge in [0, 0.05) is 6.04 Å². The molecule has 0 aliphatic rings. The molecular weight excluding hydrogens is 228 g/mol. The van der Waals surface area contributed by atoms with E-state index in [9.17, 15) is 4.39 Å². The number of rotatable bonds is 3. The summed E-state index contributed by atoms with van der Waals surface area (Å²) in [5.74, 6) is -0.451. The Balaban J connectivity index is 0.00000169. The Hall–Kier alpha value is -0.350. The Morgan fingerprint density at radius 1 is 1.50 bits per heavy atom. The summed E-state index contributed by atoms with van der Waals surface area (Å²) in [6.07, 6.45) is 0.295. The van der Waals surface area contributed by atoms with Crippen LogP contribution in [0.25, 0.3) is 0 Å². The molecule has 0 saturated carbocycles. The maximum atomic E-state index is 13.2. The Morgan fingerprint density at radius 3 is 2.71 bits per heavy atom. The van der Waals surface area contributed by atoms with Crippen molar-refractivity contribution in [3.8, 4) is 0 Å². The van der Waals surface area contributed by atoms with E-state index in [1.54, 1.807) is 12.1 Å². The first-order valence-electron chi connectivity index (χ1n) is 3.94. The zero-order valence-electron chi connectivity index (χ0n) is 7.41. The van der Waals surface area contributed by atoms with Gasteiger partial charge in [0.05, 0.1) is 11.6 Å². The molecule has 0 spiro atoms. The second kappa shape index (κ2) is 6.19. The fraction of sp³-hybridized carbons (Fsp3) is 0.333. The van der Waals surface area contributed by atoms with Gasteiger partial charge in [0.1, 0.15) is 5.82 Å². The van der Waals surface area contributed by atoms with Gasteiger partial charge in [0.2, 0.25) is 0 Å². The highest BCUT2D eigenvalue weighted by Gasteiger charge is 2.09. The second-order valence-corrected chi connectivity index (χ2v) is 3.27. The number of aliphatic hydroxyl groups is 1. The molecule has 0 bridgehead atoms. The van der Waals surface area contributed by atoms with Crippen molar-refractivity contribution in [1.82, 2.24) is 0 Å². The van der Waals surface area contributed by atoms with Crippen LogP contribution in [0.15, 0.2) is 18.2 Å². The van der Waals surface area contributed by atoms with Crippen LogP contribution in [0.5, 0.6) is 0 Å². The monoisotopic (exact) mass is 239 g/mol. The van der Waals surface area contributed by atoms with Crippen molar-refractivity contribution in [2.45, 2.75) is 12.5 Å². The predicted octanol–water partition coefficient (Wildman–Crippen LogP) is 1.76. The predicted molar refractivity (Wildman–Crippen MR) is 57.4 cm³/mol. The maximum absolute atomic E-state index is 13.2. The first-order valence-corrected chi connectivity index (χ1v) is 4.32. The summed E-state index contributed by atoms with van der Waals surface area (Å²) in [6, 6.07) is 4.31. The van der Waals surface area contributed by atoms with E-state index in [2.05, 4.69) is 0 Å². The molecule has 0 radical (unpaired) electrons. The molecule has 0 saturated heterocycles. The van der Waals surface area contributed by atoms with Gasteiger partial charge in [0.25, 0.3) is 0 Å². The van der Waals surface area contributed by atoms with Crippen molar-refractivity contribution >= 4 is 24.0 Å². The van der Waals surface area contributed by atoms with Crippen LogP contribution in [0, 0.1) is 5.82 Å². The van der Waals surface area contributed by atoms with Crippen molar-refractivity contribution in [3.05, 3.63) is 34.6 Å². The highest BCUT2D eigenvalue weighted by atomic mass is 35.5. The van der Waals surface area contributed by atoms with Crippen LogP contribution in [-0.2, 0) is 6.42 Å². The molecule has 0 amide bonds. The number of halogens is 3. The Bertz CT molecular complexity index is 296. The summed E-state index contributed by atoms with van der Waals surface area (Å²) in [4.78, 5) is 0. The van der Waals surface area contributed by atoms with Gasteiger partial charge in [-0.25, -0.2) is 4.39 Å². The smallest absolute Gasteiger partial charge is 0.145 e. The summed E-state index contributed by atoms with van der Waals surface area (Å²) in [5.41, 5.74) is 5.90. The van der Waals surface area contributed by atoms with Crippen molar-refractivity contribution in [1.29, 1.82) is 0 Å². The summed E-state index contributed by atoms with van der Waals surface area (Å²) in [5, 5.41) is 8.76. The molecule has 0 fully saturated rings. The number of hydrogen-bond acceptors (Lipinski definition) is 2. The fourth-order valence-corrected chi connectivity index (χ4v) is 1.25. The van der Waals surface area contributed by atoms with E-state index in [0.717, 1.165) is 0 Å². The van der Waals surface area contributed by atoms with Crippen molar-refractivity contribution in [2.75, 3.05) is 6.61 Å². The normalized spacial score (nSPS) is 12.0. The average Bonchev–Trinajstić information content (AvgIpc) is 2.13. The molecule has 3 N–H and O–H groups in total. The highest BCUT2D eigenvalue weighted by Crippen LogP contribution is 2.18. The van der Waals surface area contributed by atoms with E-state index in [1.807, 2.05) is 0 Å². The van der Waals surface area contributed by atoms with E-state index >= 15 is 0 Å². The van der Waals surface area contributed by atoms with Crippen LogP contribution in [0.2, 0.25) is 5.02 Å². The second-order valence-electron chi connectivity index (χ2n) is 2.86. The lowest BCUT2D eigenvalue weighted by molar-refractivity contribution is 0.264. The summed E-state index contributed by atoms with van der Waals surface area (Å²) in [7, 11) is 0. The van der Waals surface area contributed by atoms with Crippen LogP contribution in [0.4, 0.5) is 4.39 Å². The van der Waals surface area contributed by atoms with E-state index in [1.165, 1.54) is 6.07 Å². The number of benzene rings is 1. The van der Waals surface area contributed by atoms with Crippen molar-refractivity contribution < 1.29 is 9.50 Å². The van der Waals surface area contributed by atoms with Gasteiger partial charge in [-0.05, 0) is 18.1 Å². The van der Waals surface area contributed by atoms with E-state index in [-0.39, 0.29) is 24.0 Å². The van der Waals surface area contributed by atoms with E-state index < -0.39 is 11.9 Å². The first-order chi connectivity index (χ1) is 6.15. The number of hydrogen-bond donors (Lipinski definition) is 2. The first kappa shape index (κ1) is 13.7. The third-order valence-electron chi connectivity index (χ3n) is 1.75. The lowest BCUT2D eigenvalue weighted by Gasteiger charge is -2.09. The van der Waals surface area contributed by atoms with E-state index in [4.69, 9.17) is 22.4 Å². The molecule has 1 unspecified atom stereocenters. The standard InChI is InChI=1S/C9H11ClFNO.ClH/c10-8-3-1-2-6(9(8)11)4-7(12)5-13;/h1-3,7,13H,4-5,12H2;1H. The topological polar surface area (TPSA) is 46.2 Å². The third-order valence-corrected chi connectivity index (χ3v) is 2.04. The Morgan fingerprint density at radius 2 is 2.14 bits per heavy atom. The van der Waals surface area contributed by atoms with Crippen molar-refractivity contribution in [2.24, 2.45) is 5.73 Å². The van der Waals surface area contributed by atoms with Gasteiger partial charge >= 0.3 is 0 Å². The molecule has 1 aromatic rings. The van der Waals surface area contributed by atoms with E-state index in [0.29, 0.717) is 12.0 Å². The van der Waals surface area contributed by atoms with Gasteiger partial charge in [-0.2, -0.15) is 0 Å². The largest absolute Gasteiger partial charge is 0.395 e. The molecule has 0 aliphatic heterocycles. The lowest BCUT2D eigenvalue weighted by atomic mass is 10.1. The molecule has 80 valence electrons. The fourth-order valence-electron chi connectivity index (χ4n) is 1.05. The van der Waals surface area contributed by atoms with Crippen LogP contribution in [0.1, 0.15) is 5.56 Å². The lowest BCUT2D eigenvalue weighted by Crippen LogP contribution is -2.27. The van der Waals surface area contributed by atoms with Gasteiger partial charge in [0.15, 0.2) is 0 Å². The Labute approximate surface area is 93.3 Å². The molecule has 5 heteroatoms. The molecular formula is C9H12Cl2FNO. The van der Waals surface area contributed by atoms with Crippen LogP contribution in [-0.4, -0.2) is 17.8 Å². The molecule has 1 rings (SSSR count). The van der Waals surface area contributed by atoms with Crippen molar-refractivity contribution in [3.63, 3.8) is 0 Å². The summed E-state index contributed by atoms with van der Waals surface area (Å²) >= 11 is 5.56. The Kier molecular flexibility index (Phi) is 6.04. The molecule has 0 aliphatic carbocycles. The zero-order valence-corrected chi connectivity index (χ0v) is 8.98. The minimum absolute atomic E-state index is 0. The van der Waals surface area contributed by atoms with Gasteiger partial charge in [-0.1, -0.05) is 23.7 Å². The molecule has 14 heavy (non-hydrogen) atoms. The quantitative estimate of drug-likeness (QED) is 0.845. The summed E-state index contributed by atoms with van der Waals surface area (Å²) < 4.78 is 13.2. The zero-order chi connectivity index (χ0) is 9.84. The molecule has 0 heterocycles. The highest BCUT2D eigenvalue weighted by molar-refractivity contribution is 6.30. The number of aliphatic hydroxyl groups excluding tert-OH is 1. The maximum Gasteiger partial charge on any atom is 0.145 e. The minimum Gasteiger partial charge on any atom is -0.395 e. The average molecular weight is 240 g/mol. The van der Waals surface area contributed by atoms with Crippen LogP contribution >= 0.6 is 24.0 Å². The van der Waals surface area contributed by atoms with Crippen LogP contribution < -0.4 is 5.73 Å². The van der Waals surface area contributed by atoms with Gasteiger partial charge in [-0.15, -0.1) is 12.4 Å². The SMILES string of the molecule is Cl.NC(CO)Cc1cccc(Cl)c1F.